The van der Waals surface area contributed by atoms with Crippen molar-refractivity contribution in [2.24, 2.45) is 0 Å². The number of aromatic nitrogens is 1. The maximum Gasteiger partial charge on any atom is 0.203 e. The Morgan fingerprint density at radius 3 is 2.46 bits per heavy atom. The molecule has 1 heterocycles. The van der Waals surface area contributed by atoms with E-state index in [0.29, 0.717) is 17.2 Å². The molecule has 0 bridgehead atoms. The topological polar surface area (TPSA) is 40.6 Å². The molecular weight excluding hydrogens is 302 g/mol. The molecule has 4 rings (SSSR count). The summed E-state index contributed by atoms with van der Waals surface area (Å²) in [4.78, 5) is 4.78. The van der Waals surface area contributed by atoms with Crippen LogP contribution in [-0.4, -0.2) is 26.3 Å². The van der Waals surface area contributed by atoms with Gasteiger partial charge in [-0.15, -0.1) is 0 Å². The number of methoxy groups -OCH3 is 3. The fourth-order valence-corrected chi connectivity index (χ4v) is 3.85. The van der Waals surface area contributed by atoms with Gasteiger partial charge in [0.05, 0.1) is 26.8 Å². The van der Waals surface area contributed by atoms with Crippen molar-refractivity contribution in [1.29, 1.82) is 0 Å². The van der Waals surface area contributed by atoms with E-state index in [9.17, 15) is 0 Å². The number of pyridine rings is 1. The van der Waals surface area contributed by atoms with Gasteiger partial charge in [0.25, 0.3) is 0 Å². The average molecular weight is 323 g/mol. The molecule has 1 aliphatic rings. The fraction of sp³-hybridized carbons (Fsp3) is 0.350. The van der Waals surface area contributed by atoms with Gasteiger partial charge >= 0.3 is 0 Å². The molecule has 124 valence electrons. The second-order valence-corrected chi connectivity index (χ2v) is 6.17. The monoisotopic (exact) mass is 323 g/mol. The van der Waals surface area contributed by atoms with E-state index in [1.54, 1.807) is 21.3 Å². The molecule has 0 spiro atoms. The minimum absolute atomic E-state index is 0.623. The number of aryl methyl sites for hydroxylation is 2. The Kier molecular flexibility index (Phi) is 3.68. The Morgan fingerprint density at radius 1 is 0.917 bits per heavy atom. The molecule has 4 heteroatoms. The van der Waals surface area contributed by atoms with E-state index >= 15 is 0 Å². The summed E-state index contributed by atoms with van der Waals surface area (Å²) in [5, 5.41) is 3.15. The third-order valence-electron chi connectivity index (χ3n) is 4.97. The molecule has 2 aromatic carbocycles. The van der Waals surface area contributed by atoms with Crippen LogP contribution >= 0.6 is 0 Å². The maximum absolute atomic E-state index is 5.71. The van der Waals surface area contributed by atoms with Crippen molar-refractivity contribution >= 4 is 21.7 Å². The number of hydrogen-bond acceptors (Lipinski definition) is 4. The van der Waals surface area contributed by atoms with Gasteiger partial charge in [-0.1, -0.05) is 12.1 Å². The summed E-state index contributed by atoms with van der Waals surface area (Å²) in [5.74, 6) is 1.98. The van der Waals surface area contributed by atoms with Crippen LogP contribution in [0.4, 0.5) is 0 Å². The first kappa shape index (κ1) is 15.1. The predicted octanol–water partition coefficient (Wildman–Crippen LogP) is 4.29. The third-order valence-corrected chi connectivity index (χ3v) is 4.97. The summed E-state index contributed by atoms with van der Waals surface area (Å²) in [6.07, 6.45) is 6.65. The second kappa shape index (κ2) is 5.86. The van der Waals surface area contributed by atoms with Gasteiger partial charge in [-0.2, -0.15) is 0 Å². The summed E-state index contributed by atoms with van der Waals surface area (Å²) in [5.41, 5.74) is 3.91. The van der Waals surface area contributed by atoms with Crippen LogP contribution in [-0.2, 0) is 12.8 Å². The van der Waals surface area contributed by atoms with E-state index in [1.807, 2.05) is 12.3 Å². The quantitative estimate of drug-likeness (QED) is 0.674. The summed E-state index contributed by atoms with van der Waals surface area (Å²) >= 11 is 0. The first-order valence-electron chi connectivity index (χ1n) is 8.30. The smallest absolute Gasteiger partial charge is 0.203 e. The molecule has 3 aromatic rings. The fourth-order valence-electron chi connectivity index (χ4n) is 3.85. The molecule has 0 fully saturated rings. The molecule has 0 unspecified atom stereocenters. The zero-order valence-electron chi connectivity index (χ0n) is 14.3. The molecule has 1 aliphatic carbocycles. The normalized spacial score (nSPS) is 13.8. The Labute approximate surface area is 141 Å². The van der Waals surface area contributed by atoms with E-state index in [1.165, 1.54) is 24.0 Å². The number of nitrogens with zero attached hydrogens (tertiary/aromatic N) is 1. The first-order valence-corrected chi connectivity index (χ1v) is 8.30. The van der Waals surface area contributed by atoms with Crippen molar-refractivity contribution in [2.75, 3.05) is 21.3 Å². The lowest BCUT2D eigenvalue weighted by molar-refractivity contribution is 0.327. The van der Waals surface area contributed by atoms with Crippen molar-refractivity contribution in [3.05, 3.63) is 35.5 Å². The van der Waals surface area contributed by atoms with Gasteiger partial charge in [0.1, 0.15) is 0 Å². The number of ether oxygens (including phenoxy) is 3. The first-order chi connectivity index (χ1) is 11.8. The van der Waals surface area contributed by atoms with Gasteiger partial charge in [-0.3, -0.25) is 4.98 Å². The average Bonchev–Trinajstić information content (AvgIpc) is 2.65. The number of benzene rings is 2. The van der Waals surface area contributed by atoms with Crippen molar-refractivity contribution in [3.8, 4) is 17.2 Å². The Morgan fingerprint density at radius 2 is 1.71 bits per heavy atom. The zero-order chi connectivity index (χ0) is 16.7. The molecule has 0 aliphatic heterocycles. The van der Waals surface area contributed by atoms with E-state index in [0.717, 1.165) is 34.5 Å². The number of rotatable bonds is 3. The number of hydrogen-bond donors (Lipinski definition) is 0. The second-order valence-electron chi connectivity index (χ2n) is 6.17. The molecule has 0 N–H and O–H groups in total. The molecule has 0 saturated heterocycles. The van der Waals surface area contributed by atoms with E-state index in [4.69, 9.17) is 19.2 Å². The molecule has 0 radical (unpaired) electrons. The highest BCUT2D eigenvalue weighted by Crippen LogP contribution is 2.46. The van der Waals surface area contributed by atoms with Gasteiger partial charge < -0.3 is 14.2 Å². The zero-order valence-corrected chi connectivity index (χ0v) is 14.3. The van der Waals surface area contributed by atoms with Crippen molar-refractivity contribution < 1.29 is 14.2 Å². The molecule has 24 heavy (non-hydrogen) atoms. The van der Waals surface area contributed by atoms with Gasteiger partial charge in [0.15, 0.2) is 11.5 Å². The van der Waals surface area contributed by atoms with Crippen LogP contribution in [0.5, 0.6) is 17.2 Å². The van der Waals surface area contributed by atoms with Crippen molar-refractivity contribution in [1.82, 2.24) is 4.98 Å². The minimum Gasteiger partial charge on any atom is -0.493 e. The highest BCUT2D eigenvalue weighted by molar-refractivity contribution is 6.11. The minimum atomic E-state index is 0.623. The van der Waals surface area contributed by atoms with Crippen LogP contribution < -0.4 is 14.2 Å². The highest BCUT2D eigenvalue weighted by atomic mass is 16.5. The molecular formula is C20H21NO3. The van der Waals surface area contributed by atoms with Crippen LogP contribution in [0.3, 0.4) is 0 Å². The lowest BCUT2D eigenvalue weighted by Crippen LogP contribution is -2.04. The molecule has 4 nitrogen and oxygen atoms in total. The number of fused-ring (bicyclic) bond motifs is 5. The molecule has 0 saturated carbocycles. The largest absolute Gasteiger partial charge is 0.493 e. The third kappa shape index (κ3) is 2.09. The van der Waals surface area contributed by atoms with Gasteiger partial charge in [0.2, 0.25) is 5.75 Å². The van der Waals surface area contributed by atoms with Crippen LogP contribution in [0.2, 0.25) is 0 Å². The lowest BCUT2D eigenvalue weighted by Gasteiger charge is -2.20. The Bertz CT molecular complexity index is 933. The molecule has 0 amide bonds. The van der Waals surface area contributed by atoms with Crippen molar-refractivity contribution in [3.63, 3.8) is 0 Å². The highest BCUT2D eigenvalue weighted by Gasteiger charge is 2.20. The van der Waals surface area contributed by atoms with Gasteiger partial charge in [0, 0.05) is 22.4 Å². The summed E-state index contributed by atoms with van der Waals surface area (Å²) in [7, 11) is 4.94. The standard InChI is InChI=1S/C20H21NO3/c1-22-16-10-13-11-21-18-14-7-5-4-6-12(14)8-9-15(18)17(13)20(24-3)19(16)23-2/h8-11H,4-7H2,1-3H3. The SMILES string of the molecule is COc1cc2cnc3c4c(ccc3c2c(OC)c1OC)CCCC4. The van der Waals surface area contributed by atoms with Crippen LogP contribution in [0.1, 0.15) is 24.0 Å². The van der Waals surface area contributed by atoms with Crippen LogP contribution in [0, 0.1) is 0 Å². The molecule has 0 atom stereocenters. The Hall–Kier alpha value is -2.49. The van der Waals surface area contributed by atoms with Gasteiger partial charge in [-0.25, -0.2) is 0 Å². The van der Waals surface area contributed by atoms with Crippen LogP contribution in [0.25, 0.3) is 21.7 Å². The Balaban J connectivity index is 2.14. The molecule has 1 aromatic heterocycles. The predicted molar refractivity (Wildman–Crippen MR) is 95.5 cm³/mol. The van der Waals surface area contributed by atoms with E-state index in [-0.39, 0.29) is 0 Å². The summed E-state index contributed by atoms with van der Waals surface area (Å²) in [6.45, 7) is 0. The van der Waals surface area contributed by atoms with Crippen LogP contribution in [0.15, 0.2) is 24.4 Å². The summed E-state index contributed by atoms with van der Waals surface area (Å²) in [6, 6.07) is 6.37. The maximum atomic E-state index is 5.71. The van der Waals surface area contributed by atoms with E-state index < -0.39 is 0 Å². The summed E-state index contributed by atoms with van der Waals surface area (Å²) < 4.78 is 16.7. The van der Waals surface area contributed by atoms with E-state index in [2.05, 4.69) is 12.1 Å². The van der Waals surface area contributed by atoms with Gasteiger partial charge in [-0.05, 0) is 42.9 Å². The van der Waals surface area contributed by atoms with Crippen molar-refractivity contribution in [2.45, 2.75) is 25.7 Å². The lowest BCUT2D eigenvalue weighted by atomic mass is 9.88.